The monoisotopic (exact) mass is 241 g/mol. The second-order valence-corrected chi connectivity index (χ2v) is 4.50. The van der Waals surface area contributed by atoms with Crippen molar-refractivity contribution >= 4 is 45.5 Å². The van der Waals surface area contributed by atoms with Crippen LogP contribution >= 0.6 is 0 Å². The van der Waals surface area contributed by atoms with Gasteiger partial charge in [-0.25, -0.2) is 0 Å². The van der Waals surface area contributed by atoms with Gasteiger partial charge >= 0.3 is 29.6 Å². The van der Waals surface area contributed by atoms with E-state index in [1.165, 1.54) is 23.6 Å². The van der Waals surface area contributed by atoms with E-state index in [9.17, 15) is 13.2 Å². The van der Waals surface area contributed by atoms with Crippen LogP contribution in [0.15, 0.2) is 12.1 Å². The Morgan fingerprint density at radius 2 is 2.00 bits per heavy atom. The van der Waals surface area contributed by atoms with Crippen LogP contribution in [0.2, 0.25) is 0 Å². The van der Waals surface area contributed by atoms with Crippen molar-refractivity contribution in [2.24, 2.45) is 7.05 Å². The van der Waals surface area contributed by atoms with Crippen molar-refractivity contribution in [3.8, 4) is 0 Å². The molecule has 0 bridgehead atoms. The van der Waals surface area contributed by atoms with Gasteiger partial charge in [0, 0.05) is 19.7 Å². The second-order valence-electron chi connectivity index (χ2n) is 3.05. The summed E-state index contributed by atoms with van der Waals surface area (Å²) in [5, 5.41) is 0. The summed E-state index contributed by atoms with van der Waals surface area (Å²) >= 11 is 0. The zero-order chi connectivity index (χ0) is 10.9. The van der Waals surface area contributed by atoms with E-state index < -0.39 is 15.9 Å². The molecule has 0 saturated heterocycles. The van der Waals surface area contributed by atoms with Crippen LogP contribution in [-0.2, 0) is 22.9 Å². The Morgan fingerprint density at radius 3 is 2.33 bits per heavy atom. The summed E-state index contributed by atoms with van der Waals surface area (Å²) < 4.78 is 31.3. The number of ketones is 1. The summed E-state index contributed by atoms with van der Waals surface area (Å²) in [6.07, 6.45) is 0. The number of rotatable bonds is 3. The first kappa shape index (κ1) is 14.9. The molecule has 0 aliphatic rings. The van der Waals surface area contributed by atoms with Gasteiger partial charge in [0.15, 0.2) is 5.78 Å². The van der Waals surface area contributed by atoms with E-state index in [4.69, 9.17) is 4.55 Å². The van der Waals surface area contributed by atoms with Gasteiger partial charge in [-0.1, -0.05) is 0 Å². The predicted molar refractivity (Wildman–Crippen MR) is 57.8 cm³/mol. The van der Waals surface area contributed by atoms with Gasteiger partial charge in [-0.15, -0.1) is 0 Å². The van der Waals surface area contributed by atoms with Crippen LogP contribution in [0.3, 0.4) is 0 Å². The Kier molecular flexibility index (Phi) is 5.22. The Balaban J connectivity index is 0.00000196. The van der Waals surface area contributed by atoms with Crippen molar-refractivity contribution in [1.29, 1.82) is 0 Å². The summed E-state index contributed by atoms with van der Waals surface area (Å²) in [5.74, 6) is -0.620. The number of nitrogens with zero attached hydrogens (tertiary/aromatic N) is 1. The van der Waals surface area contributed by atoms with Gasteiger partial charge in [0.25, 0.3) is 10.1 Å². The van der Waals surface area contributed by atoms with Crippen molar-refractivity contribution < 1.29 is 17.8 Å². The van der Waals surface area contributed by atoms with E-state index in [0.717, 1.165) is 0 Å². The molecule has 1 heterocycles. The third kappa shape index (κ3) is 4.08. The van der Waals surface area contributed by atoms with Crippen molar-refractivity contribution in [3.05, 3.63) is 23.5 Å². The summed E-state index contributed by atoms with van der Waals surface area (Å²) in [4.78, 5) is 11.0. The van der Waals surface area contributed by atoms with Crippen LogP contribution in [0.5, 0.6) is 0 Å². The first-order chi connectivity index (χ1) is 6.31. The molecular formula is C8H12NNaO4S. The standard InChI is InChI=1S/C8H11NO4S.Na.H/c1-6(10)8-4-3-7(9(8)2)5-14(11,12)13;;/h3-4H,5H2,1-2H3,(H,11,12,13);;. The van der Waals surface area contributed by atoms with Gasteiger partial charge in [0.05, 0.1) is 5.69 Å². The molecule has 0 atom stereocenters. The number of Topliss-reactive ketones (excluding diaryl/α,β-unsaturated/α-hetero) is 1. The second kappa shape index (κ2) is 5.27. The molecule has 1 N–H and O–H groups in total. The molecule has 15 heavy (non-hydrogen) atoms. The SMILES string of the molecule is CC(=O)c1ccc(CS(=O)(=O)O)n1C.[NaH]. The molecule has 1 aromatic rings. The topological polar surface area (TPSA) is 76.4 Å². The minimum atomic E-state index is -4.04. The quantitative estimate of drug-likeness (QED) is 0.458. The molecule has 0 aliphatic heterocycles. The molecule has 5 nitrogen and oxygen atoms in total. The Bertz CT molecular complexity index is 463. The fraction of sp³-hybridized carbons (Fsp3) is 0.375. The third-order valence-electron chi connectivity index (χ3n) is 1.92. The molecular weight excluding hydrogens is 229 g/mol. The average molecular weight is 241 g/mol. The zero-order valence-corrected chi connectivity index (χ0v) is 8.71. The Hall–Kier alpha value is -0.140. The Morgan fingerprint density at radius 1 is 1.47 bits per heavy atom. The van der Waals surface area contributed by atoms with Crippen LogP contribution in [0.1, 0.15) is 23.1 Å². The summed E-state index contributed by atoms with van der Waals surface area (Å²) in [7, 11) is -2.46. The third-order valence-corrected chi connectivity index (χ3v) is 2.58. The van der Waals surface area contributed by atoms with E-state index in [2.05, 4.69) is 0 Å². The molecule has 7 heteroatoms. The molecule has 0 amide bonds. The normalized spacial score (nSPS) is 10.9. The summed E-state index contributed by atoms with van der Waals surface area (Å²) in [6.45, 7) is 1.40. The van der Waals surface area contributed by atoms with E-state index in [1.807, 2.05) is 0 Å². The van der Waals surface area contributed by atoms with Gasteiger partial charge in [0.2, 0.25) is 0 Å². The summed E-state index contributed by atoms with van der Waals surface area (Å²) in [5.41, 5.74) is 0.807. The maximum absolute atomic E-state index is 11.0. The van der Waals surface area contributed by atoms with Crippen LogP contribution in [0, 0.1) is 0 Å². The predicted octanol–water partition coefficient (Wildman–Crippen LogP) is -0.0330. The molecule has 1 rings (SSSR count). The number of carbonyl (C=O) groups excluding carboxylic acids is 1. The van der Waals surface area contributed by atoms with E-state index in [0.29, 0.717) is 11.4 Å². The van der Waals surface area contributed by atoms with Crippen LogP contribution in [-0.4, -0.2) is 52.9 Å². The van der Waals surface area contributed by atoms with E-state index in [1.54, 1.807) is 7.05 Å². The van der Waals surface area contributed by atoms with Crippen molar-refractivity contribution in [3.63, 3.8) is 0 Å². The van der Waals surface area contributed by atoms with Crippen LogP contribution in [0.25, 0.3) is 0 Å². The number of carbonyl (C=O) groups is 1. The fourth-order valence-electron chi connectivity index (χ4n) is 1.24. The molecule has 0 spiro atoms. The molecule has 80 valence electrons. The molecule has 1 aromatic heterocycles. The van der Waals surface area contributed by atoms with Crippen molar-refractivity contribution in [2.75, 3.05) is 0 Å². The van der Waals surface area contributed by atoms with Gasteiger partial charge in [-0.05, 0) is 12.1 Å². The molecule has 0 saturated carbocycles. The maximum atomic E-state index is 11.0. The van der Waals surface area contributed by atoms with Crippen molar-refractivity contribution in [1.82, 2.24) is 4.57 Å². The number of aromatic nitrogens is 1. The number of hydrogen-bond donors (Lipinski definition) is 1. The van der Waals surface area contributed by atoms with Crippen LogP contribution in [0.4, 0.5) is 0 Å². The van der Waals surface area contributed by atoms with Gasteiger partial charge < -0.3 is 4.57 Å². The van der Waals surface area contributed by atoms with Crippen LogP contribution < -0.4 is 0 Å². The average Bonchev–Trinajstić information content (AvgIpc) is 2.29. The summed E-state index contributed by atoms with van der Waals surface area (Å²) in [6, 6.07) is 3.04. The first-order valence-corrected chi connectivity index (χ1v) is 5.53. The van der Waals surface area contributed by atoms with Gasteiger partial charge in [0.1, 0.15) is 5.75 Å². The first-order valence-electron chi connectivity index (χ1n) is 3.92. The van der Waals surface area contributed by atoms with E-state index in [-0.39, 0.29) is 35.3 Å². The molecule has 0 fully saturated rings. The Labute approximate surface area is 111 Å². The number of hydrogen-bond acceptors (Lipinski definition) is 3. The van der Waals surface area contributed by atoms with Gasteiger partial charge in [-0.3, -0.25) is 9.35 Å². The molecule has 0 radical (unpaired) electrons. The molecule has 0 unspecified atom stereocenters. The zero-order valence-electron chi connectivity index (χ0n) is 7.89. The van der Waals surface area contributed by atoms with E-state index >= 15 is 0 Å². The molecule has 0 aromatic carbocycles. The van der Waals surface area contributed by atoms with Gasteiger partial charge in [-0.2, -0.15) is 8.42 Å². The molecule has 0 aliphatic carbocycles. The fourth-order valence-corrected chi connectivity index (χ4v) is 1.90. The van der Waals surface area contributed by atoms with Crippen molar-refractivity contribution in [2.45, 2.75) is 12.7 Å². The minimum absolute atomic E-state index is 0.